The van der Waals surface area contributed by atoms with Gasteiger partial charge >= 0.3 is 6.61 Å². The number of rotatable bonds is 5. The van der Waals surface area contributed by atoms with Crippen molar-refractivity contribution in [2.45, 2.75) is 33.9 Å². The lowest BCUT2D eigenvalue weighted by molar-refractivity contribution is -0.0504. The first-order valence-corrected chi connectivity index (χ1v) is 7.53. The summed E-state index contributed by atoms with van der Waals surface area (Å²) in [6.45, 7) is 3.18. The molecule has 0 amide bonds. The van der Waals surface area contributed by atoms with E-state index in [0.29, 0.717) is 5.56 Å². The summed E-state index contributed by atoms with van der Waals surface area (Å²) in [5.41, 5.74) is 10.5. The molecule has 0 aliphatic rings. The maximum Gasteiger partial charge on any atom is 0.387 e. The van der Waals surface area contributed by atoms with E-state index in [1.165, 1.54) is 11.6 Å². The molecule has 0 saturated carbocycles. The highest BCUT2D eigenvalue weighted by Crippen LogP contribution is 2.23. The summed E-state index contributed by atoms with van der Waals surface area (Å²) in [4.78, 5) is 4.21. The molecule has 4 nitrogen and oxygen atoms in total. The average molecular weight is 333 g/mol. The minimum Gasteiger partial charge on any atom is -0.434 e. The predicted octanol–water partition coefficient (Wildman–Crippen LogP) is 4.14. The number of nitrogens with two attached hydrogens (primary N) is 1. The van der Waals surface area contributed by atoms with Gasteiger partial charge in [0.25, 0.3) is 0 Å². The SMILES string of the molecule is Cc1ccc(OC(F)F)c(CN=C(N)Nc2ccc(C)c(C)c2)c1. The predicted molar refractivity (Wildman–Crippen MR) is 92.7 cm³/mol. The highest BCUT2D eigenvalue weighted by atomic mass is 19.3. The van der Waals surface area contributed by atoms with Gasteiger partial charge in [-0.05, 0) is 50.1 Å². The number of hydrogen-bond donors (Lipinski definition) is 2. The summed E-state index contributed by atoms with van der Waals surface area (Å²) in [6.07, 6.45) is 0. The van der Waals surface area contributed by atoms with E-state index in [1.54, 1.807) is 12.1 Å². The van der Waals surface area contributed by atoms with Gasteiger partial charge in [-0.1, -0.05) is 23.8 Å². The van der Waals surface area contributed by atoms with Gasteiger partial charge in [-0.25, -0.2) is 4.99 Å². The number of hydrogen-bond acceptors (Lipinski definition) is 2. The third kappa shape index (κ3) is 4.94. The molecule has 2 aromatic carbocycles. The summed E-state index contributed by atoms with van der Waals surface area (Å²) in [7, 11) is 0. The molecule has 0 atom stereocenters. The summed E-state index contributed by atoms with van der Waals surface area (Å²) in [6, 6.07) is 10.8. The lowest BCUT2D eigenvalue weighted by Gasteiger charge is -2.11. The van der Waals surface area contributed by atoms with Crippen LogP contribution in [0.5, 0.6) is 5.75 Å². The molecule has 0 unspecified atom stereocenters. The first kappa shape index (κ1) is 17.7. The smallest absolute Gasteiger partial charge is 0.387 e. The van der Waals surface area contributed by atoms with Gasteiger partial charge in [-0.15, -0.1) is 0 Å². The van der Waals surface area contributed by atoms with Gasteiger partial charge in [0.1, 0.15) is 5.75 Å². The Morgan fingerprint density at radius 1 is 1.12 bits per heavy atom. The highest BCUT2D eigenvalue weighted by Gasteiger charge is 2.09. The Hall–Kier alpha value is -2.63. The van der Waals surface area contributed by atoms with Gasteiger partial charge in [0.2, 0.25) is 0 Å². The van der Waals surface area contributed by atoms with E-state index in [9.17, 15) is 8.78 Å². The molecular weight excluding hydrogens is 312 g/mol. The minimum atomic E-state index is -2.87. The van der Waals surface area contributed by atoms with E-state index >= 15 is 0 Å². The molecule has 0 radical (unpaired) electrons. The maximum absolute atomic E-state index is 12.5. The van der Waals surface area contributed by atoms with Crippen LogP contribution in [0.25, 0.3) is 0 Å². The average Bonchev–Trinajstić information content (AvgIpc) is 2.51. The number of ether oxygens (including phenoxy) is 1. The molecule has 0 bridgehead atoms. The van der Waals surface area contributed by atoms with Crippen molar-refractivity contribution in [1.29, 1.82) is 0 Å². The summed E-state index contributed by atoms with van der Waals surface area (Å²) < 4.78 is 29.4. The lowest BCUT2D eigenvalue weighted by atomic mass is 10.1. The molecule has 128 valence electrons. The third-order valence-corrected chi connectivity index (χ3v) is 3.63. The van der Waals surface area contributed by atoms with Crippen LogP contribution < -0.4 is 15.8 Å². The second-order valence-corrected chi connectivity index (χ2v) is 5.62. The van der Waals surface area contributed by atoms with E-state index in [1.807, 2.05) is 39.0 Å². The molecule has 0 aliphatic carbocycles. The van der Waals surface area contributed by atoms with E-state index < -0.39 is 6.61 Å². The van der Waals surface area contributed by atoms with E-state index in [2.05, 4.69) is 15.0 Å². The van der Waals surface area contributed by atoms with Crippen molar-refractivity contribution in [1.82, 2.24) is 0 Å². The molecule has 0 heterocycles. The van der Waals surface area contributed by atoms with Gasteiger partial charge in [0, 0.05) is 11.3 Å². The van der Waals surface area contributed by atoms with Crippen LogP contribution in [0.1, 0.15) is 22.3 Å². The maximum atomic E-state index is 12.5. The zero-order valence-corrected chi connectivity index (χ0v) is 13.9. The second kappa shape index (κ2) is 7.77. The van der Waals surface area contributed by atoms with Crippen LogP contribution in [0.4, 0.5) is 14.5 Å². The Kier molecular flexibility index (Phi) is 5.73. The standard InChI is InChI=1S/C18H21F2N3O/c1-11-4-7-16(24-17(19)20)14(8-11)10-22-18(21)23-15-6-5-12(2)13(3)9-15/h4-9,17H,10H2,1-3H3,(H3,21,22,23). The van der Waals surface area contributed by atoms with Gasteiger partial charge < -0.3 is 15.8 Å². The minimum absolute atomic E-state index is 0.110. The molecular formula is C18H21F2N3O. The van der Waals surface area contributed by atoms with Crippen LogP contribution in [0.15, 0.2) is 41.4 Å². The second-order valence-electron chi connectivity index (χ2n) is 5.62. The van der Waals surface area contributed by atoms with Crippen molar-refractivity contribution in [2.24, 2.45) is 10.7 Å². The molecule has 3 N–H and O–H groups in total. The number of nitrogens with one attached hydrogen (secondary N) is 1. The zero-order chi connectivity index (χ0) is 17.7. The number of aryl methyl sites for hydroxylation is 3. The number of benzene rings is 2. The van der Waals surface area contributed by atoms with Crippen molar-refractivity contribution in [3.05, 3.63) is 58.7 Å². The molecule has 0 saturated heterocycles. The number of guanidine groups is 1. The van der Waals surface area contributed by atoms with Gasteiger partial charge in [0.15, 0.2) is 5.96 Å². The zero-order valence-electron chi connectivity index (χ0n) is 13.9. The van der Waals surface area contributed by atoms with E-state index in [-0.39, 0.29) is 18.3 Å². The van der Waals surface area contributed by atoms with Gasteiger partial charge in [-0.2, -0.15) is 8.78 Å². The molecule has 0 aliphatic heterocycles. The fourth-order valence-electron chi connectivity index (χ4n) is 2.22. The first-order valence-electron chi connectivity index (χ1n) is 7.53. The topological polar surface area (TPSA) is 59.6 Å². The molecule has 6 heteroatoms. The molecule has 0 fully saturated rings. The largest absolute Gasteiger partial charge is 0.434 e. The Balaban J connectivity index is 2.11. The highest BCUT2D eigenvalue weighted by molar-refractivity contribution is 5.92. The third-order valence-electron chi connectivity index (χ3n) is 3.63. The Bertz CT molecular complexity index is 745. The summed E-state index contributed by atoms with van der Waals surface area (Å²) in [5, 5.41) is 2.99. The van der Waals surface area contributed by atoms with Crippen molar-refractivity contribution < 1.29 is 13.5 Å². The van der Waals surface area contributed by atoms with Crippen molar-refractivity contribution in [3.63, 3.8) is 0 Å². The Morgan fingerprint density at radius 3 is 2.54 bits per heavy atom. The van der Waals surface area contributed by atoms with Crippen molar-refractivity contribution in [2.75, 3.05) is 5.32 Å². The normalized spacial score (nSPS) is 11.7. The van der Waals surface area contributed by atoms with Crippen molar-refractivity contribution >= 4 is 11.6 Å². The first-order chi connectivity index (χ1) is 11.3. The van der Waals surface area contributed by atoms with Crippen LogP contribution in [0.3, 0.4) is 0 Å². The molecule has 0 spiro atoms. The van der Waals surface area contributed by atoms with Crippen LogP contribution in [0.2, 0.25) is 0 Å². The quantitative estimate of drug-likeness (QED) is 0.638. The van der Waals surface area contributed by atoms with Crippen molar-refractivity contribution in [3.8, 4) is 5.75 Å². The van der Waals surface area contributed by atoms with Crippen LogP contribution in [0, 0.1) is 20.8 Å². The Morgan fingerprint density at radius 2 is 1.88 bits per heavy atom. The lowest BCUT2D eigenvalue weighted by Crippen LogP contribution is -2.22. The summed E-state index contributed by atoms with van der Waals surface area (Å²) in [5.74, 6) is 0.320. The number of halogens is 2. The fraction of sp³-hybridized carbons (Fsp3) is 0.278. The summed E-state index contributed by atoms with van der Waals surface area (Å²) >= 11 is 0. The number of alkyl halides is 2. The monoisotopic (exact) mass is 333 g/mol. The van der Waals surface area contributed by atoms with E-state index in [4.69, 9.17) is 5.73 Å². The van der Waals surface area contributed by atoms with Gasteiger partial charge in [-0.3, -0.25) is 0 Å². The fourth-order valence-corrected chi connectivity index (χ4v) is 2.22. The van der Waals surface area contributed by atoms with Gasteiger partial charge in [0.05, 0.1) is 6.54 Å². The molecule has 0 aromatic heterocycles. The Labute approximate surface area is 140 Å². The number of nitrogens with zero attached hydrogens (tertiary/aromatic N) is 1. The van der Waals surface area contributed by atoms with E-state index in [0.717, 1.165) is 16.8 Å². The number of aliphatic imine (C=N–C) groups is 1. The van der Waals surface area contributed by atoms with Crippen LogP contribution >= 0.6 is 0 Å². The van der Waals surface area contributed by atoms with Crippen LogP contribution in [-0.2, 0) is 6.54 Å². The molecule has 2 rings (SSSR count). The molecule has 2 aromatic rings. The number of anilines is 1. The molecule has 24 heavy (non-hydrogen) atoms. The van der Waals surface area contributed by atoms with Crippen LogP contribution in [-0.4, -0.2) is 12.6 Å².